The van der Waals surface area contributed by atoms with Crippen molar-refractivity contribution in [3.05, 3.63) is 35.9 Å². The summed E-state index contributed by atoms with van der Waals surface area (Å²) < 4.78 is 30.9. The van der Waals surface area contributed by atoms with Crippen molar-refractivity contribution in [3.63, 3.8) is 0 Å². The van der Waals surface area contributed by atoms with Gasteiger partial charge in [-0.25, -0.2) is 13.2 Å². The number of sulfonamides is 1. The zero-order valence-corrected chi connectivity index (χ0v) is 15.7. The van der Waals surface area contributed by atoms with E-state index in [1.54, 1.807) is 40.1 Å². The van der Waals surface area contributed by atoms with E-state index < -0.39 is 16.0 Å². The molecule has 0 aliphatic rings. The van der Waals surface area contributed by atoms with Crippen LogP contribution in [0.25, 0.3) is 6.08 Å². The fourth-order valence-electron chi connectivity index (χ4n) is 1.94. The molecule has 0 atom stereocenters. The Bertz CT molecular complexity index is 720. The minimum atomic E-state index is -3.50. The molecule has 0 radical (unpaired) electrons. The van der Waals surface area contributed by atoms with Gasteiger partial charge in [0.2, 0.25) is 10.0 Å². The van der Waals surface area contributed by atoms with Crippen molar-refractivity contribution in [3.8, 4) is 0 Å². The summed E-state index contributed by atoms with van der Waals surface area (Å²) in [6.07, 6.45) is 2.69. The predicted molar refractivity (Wildman–Crippen MR) is 95.2 cm³/mol. The summed E-state index contributed by atoms with van der Waals surface area (Å²) in [5.74, 6) is -0.956. The molecule has 138 valence electrons. The molecule has 1 amide bonds. The van der Waals surface area contributed by atoms with E-state index in [0.29, 0.717) is 18.7 Å². The standard InChI is InChI=1S/C17H24N2O5S/c1-5-19(6-2)25(22,23)15-10-7-14(8-11-15)9-12-17(21)24-13-16(20)18(3)4/h7-12H,5-6,13H2,1-4H3. The smallest absolute Gasteiger partial charge is 0.331 e. The Morgan fingerprint density at radius 2 is 1.64 bits per heavy atom. The van der Waals surface area contributed by atoms with Gasteiger partial charge in [0, 0.05) is 33.3 Å². The minimum absolute atomic E-state index is 0.201. The van der Waals surface area contributed by atoms with Gasteiger partial charge in [-0.15, -0.1) is 0 Å². The molecule has 1 aromatic carbocycles. The fourth-order valence-corrected chi connectivity index (χ4v) is 3.40. The van der Waals surface area contributed by atoms with Gasteiger partial charge in [0.1, 0.15) is 0 Å². The first kappa shape index (κ1) is 20.9. The number of benzene rings is 1. The van der Waals surface area contributed by atoms with E-state index in [1.807, 2.05) is 0 Å². The lowest BCUT2D eigenvalue weighted by molar-refractivity contribution is -0.146. The van der Waals surface area contributed by atoms with Crippen molar-refractivity contribution in [2.75, 3.05) is 33.8 Å². The zero-order chi connectivity index (χ0) is 19.0. The van der Waals surface area contributed by atoms with Crippen LogP contribution in [0.15, 0.2) is 35.2 Å². The highest BCUT2D eigenvalue weighted by atomic mass is 32.2. The molecule has 0 aromatic heterocycles. The maximum atomic E-state index is 12.4. The highest BCUT2D eigenvalue weighted by Crippen LogP contribution is 2.16. The maximum Gasteiger partial charge on any atom is 0.331 e. The van der Waals surface area contributed by atoms with Crippen molar-refractivity contribution < 1.29 is 22.7 Å². The highest BCUT2D eigenvalue weighted by molar-refractivity contribution is 7.89. The molecule has 25 heavy (non-hydrogen) atoms. The molecule has 0 heterocycles. The van der Waals surface area contributed by atoms with Crippen LogP contribution in [0.3, 0.4) is 0 Å². The third-order valence-electron chi connectivity index (χ3n) is 3.47. The second-order valence-corrected chi connectivity index (χ2v) is 7.33. The molecule has 0 N–H and O–H groups in total. The lowest BCUT2D eigenvalue weighted by Crippen LogP contribution is -2.30. The Hall–Kier alpha value is -2.19. The Kier molecular flexibility index (Phi) is 7.79. The molecule has 7 nitrogen and oxygen atoms in total. The Morgan fingerprint density at radius 3 is 2.12 bits per heavy atom. The third kappa shape index (κ3) is 5.99. The largest absolute Gasteiger partial charge is 0.452 e. The molecular weight excluding hydrogens is 344 g/mol. The van der Waals surface area contributed by atoms with Crippen LogP contribution in [0, 0.1) is 0 Å². The van der Waals surface area contributed by atoms with E-state index in [4.69, 9.17) is 4.74 Å². The molecule has 0 aliphatic heterocycles. The number of rotatable bonds is 8. The van der Waals surface area contributed by atoms with E-state index in [1.165, 1.54) is 33.5 Å². The van der Waals surface area contributed by atoms with E-state index >= 15 is 0 Å². The number of carbonyl (C=O) groups is 2. The summed E-state index contributed by atoms with van der Waals surface area (Å²) in [7, 11) is -0.362. The molecule has 0 saturated heterocycles. The number of carbonyl (C=O) groups excluding carboxylic acids is 2. The molecule has 0 spiro atoms. The SMILES string of the molecule is CCN(CC)S(=O)(=O)c1ccc(C=CC(=O)OCC(=O)N(C)C)cc1. The lowest BCUT2D eigenvalue weighted by atomic mass is 10.2. The average molecular weight is 368 g/mol. The van der Waals surface area contributed by atoms with Crippen LogP contribution in [0.2, 0.25) is 0 Å². The quantitative estimate of drug-likeness (QED) is 0.511. The second kappa shape index (κ2) is 9.33. The summed E-state index contributed by atoms with van der Waals surface area (Å²) in [5.41, 5.74) is 0.648. The molecule has 0 fully saturated rings. The molecule has 0 bridgehead atoms. The number of hydrogen-bond acceptors (Lipinski definition) is 5. The van der Waals surface area contributed by atoms with E-state index in [2.05, 4.69) is 0 Å². The van der Waals surface area contributed by atoms with Gasteiger partial charge in [0.25, 0.3) is 5.91 Å². The molecule has 8 heteroatoms. The van der Waals surface area contributed by atoms with E-state index in [9.17, 15) is 18.0 Å². The number of ether oxygens (including phenoxy) is 1. The van der Waals surface area contributed by atoms with Gasteiger partial charge in [-0.3, -0.25) is 4.79 Å². The molecule has 0 aliphatic carbocycles. The van der Waals surface area contributed by atoms with Crippen LogP contribution in [-0.2, 0) is 24.3 Å². The van der Waals surface area contributed by atoms with Crippen LogP contribution in [0.1, 0.15) is 19.4 Å². The van der Waals surface area contributed by atoms with Gasteiger partial charge in [-0.05, 0) is 23.8 Å². The summed E-state index contributed by atoms with van der Waals surface area (Å²) in [4.78, 5) is 24.4. The Labute approximate surface area is 148 Å². The number of esters is 1. The van der Waals surface area contributed by atoms with Crippen LogP contribution < -0.4 is 0 Å². The first-order chi connectivity index (χ1) is 11.7. The second-order valence-electron chi connectivity index (χ2n) is 5.39. The van der Waals surface area contributed by atoms with Gasteiger partial charge in [0.15, 0.2) is 6.61 Å². The summed E-state index contributed by atoms with van der Waals surface area (Å²) in [6, 6.07) is 6.19. The van der Waals surface area contributed by atoms with E-state index in [-0.39, 0.29) is 17.4 Å². The molecule has 1 aromatic rings. The monoisotopic (exact) mass is 368 g/mol. The van der Waals surface area contributed by atoms with Gasteiger partial charge in [-0.1, -0.05) is 26.0 Å². The number of nitrogens with zero attached hydrogens (tertiary/aromatic N) is 2. The van der Waals surface area contributed by atoms with Crippen molar-refractivity contribution >= 4 is 28.0 Å². The molecule has 0 unspecified atom stereocenters. The van der Waals surface area contributed by atoms with Crippen LogP contribution in [0.5, 0.6) is 0 Å². The zero-order valence-electron chi connectivity index (χ0n) is 14.9. The number of amides is 1. The van der Waals surface area contributed by atoms with Crippen LogP contribution in [-0.4, -0.2) is 63.3 Å². The molecular formula is C17H24N2O5S. The lowest BCUT2D eigenvalue weighted by Gasteiger charge is -2.18. The van der Waals surface area contributed by atoms with Crippen LogP contribution >= 0.6 is 0 Å². The van der Waals surface area contributed by atoms with Gasteiger partial charge in [-0.2, -0.15) is 4.31 Å². The van der Waals surface area contributed by atoms with E-state index in [0.717, 1.165) is 0 Å². The highest BCUT2D eigenvalue weighted by Gasteiger charge is 2.20. The van der Waals surface area contributed by atoms with Crippen molar-refractivity contribution in [2.24, 2.45) is 0 Å². The predicted octanol–water partition coefficient (Wildman–Crippen LogP) is 1.36. The molecule has 1 rings (SSSR count). The first-order valence-corrected chi connectivity index (χ1v) is 9.31. The Morgan fingerprint density at radius 1 is 1.08 bits per heavy atom. The Balaban J connectivity index is 2.74. The first-order valence-electron chi connectivity index (χ1n) is 7.87. The fraction of sp³-hybridized carbons (Fsp3) is 0.412. The summed E-state index contributed by atoms with van der Waals surface area (Å²) in [5, 5.41) is 0. The summed E-state index contributed by atoms with van der Waals surface area (Å²) in [6.45, 7) is 4.04. The van der Waals surface area contributed by atoms with Crippen LogP contribution in [0.4, 0.5) is 0 Å². The number of hydrogen-bond donors (Lipinski definition) is 0. The van der Waals surface area contributed by atoms with Crippen molar-refractivity contribution in [1.29, 1.82) is 0 Å². The molecule has 0 saturated carbocycles. The summed E-state index contributed by atoms with van der Waals surface area (Å²) >= 11 is 0. The maximum absolute atomic E-state index is 12.4. The number of likely N-dealkylation sites (N-methyl/N-ethyl adjacent to an activating group) is 1. The normalized spacial score (nSPS) is 11.7. The van der Waals surface area contributed by atoms with Gasteiger partial charge in [0.05, 0.1) is 4.90 Å². The van der Waals surface area contributed by atoms with Crippen molar-refractivity contribution in [1.82, 2.24) is 9.21 Å². The third-order valence-corrected chi connectivity index (χ3v) is 5.54. The minimum Gasteiger partial charge on any atom is -0.452 e. The average Bonchev–Trinajstić information content (AvgIpc) is 2.58. The van der Waals surface area contributed by atoms with Gasteiger partial charge >= 0.3 is 5.97 Å². The van der Waals surface area contributed by atoms with Crippen molar-refractivity contribution in [2.45, 2.75) is 18.7 Å². The van der Waals surface area contributed by atoms with Gasteiger partial charge < -0.3 is 9.64 Å². The topological polar surface area (TPSA) is 84.0 Å².